The van der Waals surface area contributed by atoms with Crippen molar-refractivity contribution in [1.82, 2.24) is 9.88 Å². The lowest BCUT2D eigenvalue weighted by Gasteiger charge is -2.30. The van der Waals surface area contributed by atoms with Gasteiger partial charge < -0.3 is 15.1 Å². The Balaban J connectivity index is 1.61. The highest BCUT2D eigenvalue weighted by molar-refractivity contribution is 6.04. The van der Waals surface area contributed by atoms with Crippen LogP contribution in [0, 0.1) is 5.92 Å². The molecular formula is C22H26N4O2. The first-order chi connectivity index (χ1) is 13.7. The van der Waals surface area contributed by atoms with Crippen molar-refractivity contribution in [2.45, 2.75) is 32.7 Å². The quantitative estimate of drug-likeness (QED) is 0.803. The molecule has 0 spiro atoms. The number of aromatic nitrogens is 1. The number of benzene rings is 1. The molecule has 0 unspecified atom stereocenters. The first-order valence-corrected chi connectivity index (χ1v) is 10.0. The summed E-state index contributed by atoms with van der Waals surface area (Å²) in [6, 6.07) is 11.7. The van der Waals surface area contributed by atoms with Gasteiger partial charge in [-0.2, -0.15) is 0 Å². The Labute approximate surface area is 165 Å². The van der Waals surface area contributed by atoms with Gasteiger partial charge in [-0.05, 0) is 36.8 Å². The molecule has 1 aromatic carbocycles. The molecule has 1 aliphatic carbocycles. The van der Waals surface area contributed by atoms with E-state index in [-0.39, 0.29) is 18.4 Å². The van der Waals surface area contributed by atoms with Gasteiger partial charge in [-0.3, -0.25) is 9.59 Å². The van der Waals surface area contributed by atoms with Crippen molar-refractivity contribution in [1.29, 1.82) is 0 Å². The van der Waals surface area contributed by atoms with Crippen LogP contribution < -0.4 is 10.2 Å². The van der Waals surface area contributed by atoms with Gasteiger partial charge in [0.05, 0.1) is 24.3 Å². The third-order valence-electron chi connectivity index (χ3n) is 5.25. The molecule has 28 heavy (non-hydrogen) atoms. The van der Waals surface area contributed by atoms with E-state index < -0.39 is 0 Å². The molecule has 0 atom stereocenters. The predicted octanol–water partition coefficient (Wildman–Crippen LogP) is 3.30. The van der Waals surface area contributed by atoms with Crippen LogP contribution in [0.3, 0.4) is 0 Å². The smallest absolute Gasteiger partial charge is 0.255 e. The van der Waals surface area contributed by atoms with Crippen molar-refractivity contribution in [2.75, 3.05) is 29.9 Å². The molecule has 0 bridgehead atoms. The molecule has 4 rings (SSSR count). The van der Waals surface area contributed by atoms with Gasteiger partial charge in [0.2, 0.25) is 5.91 Å². The van der Waals surface area contributed by atoms with Crippen molar-refractivity contribution in [3.8, 4) is 0 Å². The molecule has 146 valence electrons. The van der Waals surface area contributed by atoms with Crippen LogP contribution in [0.1, 0.15) is 42.1 Å². The Morgan fingerprint density at radius 2 is 2.07 bits per heavy atom. The van der Waals surface area contributed by atoms with Crippen LogP contribution in [0.5, 0.6) is 0 Å². The third-order valence-corrected chi connectivity index (χ3v) is 5.25. The zero-order valence-corrected chi connectivity index (χ0v) is 16.2. The van der Waals surface area contributed by atoms with Crippen LogP contribution in [-0.2, 0) is 11.3 Å². The number of carbonyl (C=O) groups is 2. The molecular weight excluding hydrogens is 352 g/mol. The number of anilines is 2. The van der Waals surface area contributed by atoms with Gasteiger partial charge in [0.1, 0.15) is 0 Å². The van der Waals surface area contributed by atoms with Crippen LogP contribution in [0.4, 0.5) is 11.5 Å². The summed E-state index contributed by atoms with van der Waals surface area (Å²) in [5.74, 6) is 1.27. The fourth-order valence-electron chi connectivity index (χ4n) is 3.58. The molecule has 2 aromatic rings. The second kappa shape index (κ2) is 8.00. The maximum atomic E-state index is 13.1. The van der Waals surface area contributed by atoms with E-state index in [2.05, 4.69) is 17.2 Å². The van der Waals surface area contributed by atoms with Crippen molar-refractivity contribution in [2.24, 2.45) is 5.92 Å². The van der Waals surface area contributed by atoms with Gasteiger partial charge in [-0.15, -0.1) is 0 Å². The number of carbonyl (C=O) groups excluding carboxylic acids is 2. The Kier molecular flexibility index (Phi) is 5.28. The standard InChI is InChI=1S/C22H26N4O2/c1-2-10-25(14-17-8-9-17)22(28)18-11-19-21(23-12-18)24-13-20(27)26(19)15-16-6-4-3-5-7-16/h3-7,11-12,17H,2,8-10,13-15H2,1H3,(H,23,24). The summed E-state index contributed by atoms with van der Waals surface area (Å²) >= 11 is 0. The van der Waals surface area contributed by atoms with E-state index in [4.69, 9.17) is 0 Å². The lowest BCUT2D eigenvalue weighted by Crippen LogP contribution is -2.40. The van der Waals surface area contributed by atoms with Crippen LogP contribution >= 0.6 is 0 Å². The molecule has 1 fully saturated rings. The molecule has 1 aliphatic heterocycles. The Hall–Kier alpha value is -2.89. The molecule has 6 heteroatoms. The van der Waals surface area contributed by atoms with Crippen LogP contribution in [0.25, 0.3) is 0 Å². The summed E-state index contributed by atoms with van der Waals surface area (Å²) in [5, 5.41) is 3.06. The highest BCUT2D eigenvalue weighted by Crippen LogP contribution is 2.32. The van der Waals surface area contributed by atoms with Crippen LogP contribution in [-0.4, -0.2) is 41.3 Å². The minimum atomic E-state index is -0.0221. The minimum absolute atomic E-state index is 0.00161. The van der Waals surface area contributed by atoms with E-state index in [1.807, 2.05) is 41.3 Å². The normalized spacial score (nSPS) is 15.8. The molecule has 1 N–H and O–H groups in total. The molecule has 1 aromatic heterocycles. The van der Waals surface area contributed by atoms with E-state index >= 15 is 0 Å². The van der Waals surface area contributed by atoms with Gasteiger partial charge in [0.25, 0.3) is 5.91 Å². The zero-order valence-electron chi connectivity index (χ0n) is 16.2. The van der Waals surface area contributed by atoms with Gasteiger partial charge in [-0.1, -0.05) is 37.3 Å². The molecule has 1 saturated carbocycles. The van der Waals surface area contributed by atoms with Crippen LogP contribution in [0.2, 0.25) is 0 Å². The average Bonchev–Trinajstić information content (AvgIpc) is 3.54. The summed E-state index contributed by atoms with van der Waals surface area (Å²) in [7, 11) is 0. The summed E-state index contributed by atoms with van der Waals surface area (Å²) < 4.78 is 0. The predicted molar refractivity (Wildman–Crippen MR) is 109 cm³/mol. The van der Waals surface area contributed by atoms with Crippen molar-refractivity contribution in [3.63, 3.8) is 0 Å². The maximum absolute atomic E-state index is 13.1. The maximum Gasteiger partial charge on any atom is 0.255 e. The highest BCUT2D eigenvalue weighted by Gasteiger charge is 2.29. The highest BCUT2D eigenvalue weighted by atomic mass is 16.2. The van der Waals surface area contributed by atoms with E-state index in [1.54, 1.807) is 11.1 Å². The monoisotopic (exact) mass is 378 g/mol. The molecule has 0 saturated heterocycles. The first kappa shape index (κ1) is 18.5. The van der Waals surface area contributed by atoms with Gasteiger partial charge >= 0.3 is 0 Å². The topological polar surface area (TPSA) is 65.5 Å². The second-order valence-electron chi connectivity index (χ2n) is 7.61. The first-order valence-electron chi connectivity index (χ1n) is 10.0. The lowest BCUT2D eigenvalue weighted by atomic mass is 10.1. The number of hydrogen-bond acceptors (Lipinski definition) is 4. The third kappa shape index (κ3) is 4.01. The van der Waals surface area contributed by atoms with Gasteiger partial charge in [0, 0.05) is 19.3 Å². The SMILES string of the molecule is CCCN(CC1CC1)C(=O)c1cnc2c(c1)N(Cc1ccccc1)C(=O)CN2. The summed E-state index contributed by atoms with van der Waals surface area (Å²) in [6.07, 6.45) is 4.97. The van der Waals surface area contributed by atoms with E-state index in [9.17, 15) is 9.59 Å². The number of nitrogens with zero attached hydrogens (tertiary/aromatic N) is 3. The zero-order chi connectivity index (χ0) is 19.5. The minimum Gasteiger partial charge on any atom is -0.359 e. The molecule has 0 radical (unpaired) electrons. The van der Waals surface area contributed by atoms with E-state index in [0.29, 0.717) is 29.5 Å². The van der Waals surface area contributed by atoms with Crippen molar-refractivity contribution in [3.05, 3.63) is 53.7 Å². The average molecular weight is 378 g/mol. The Morgan fingerprint density at radius 3 is 2.79 bits per heavy atom. The number of pyridine rings is 1. The summed E-state index contributed by atoms with van der Waals surface area (Å²) in [6.45, 7) is 4.33. The lowest BCUT2D eigenvalue weighted by molar-refractivity contribution is -0.117. The van der Waals surface area contributed by atoms with E-state index in [1.165, 1.54) is 12.8 Å². The molecule has 6 nitrogen and oxygen atoms in total. The fraction of sp³-hybridized carbons (Fsp3) is 0.409. The molecule has 2 amide bonds. The van der Waals surface area contributed by atoms with Crippen molar-refractivity contribution >= 4 is 23.3 Å². The van der Waals surface area contributed by atoms with Gasteiger partial charge in [0.15, 0.2) is 5.82 Å². The molecule has 2 heterocycles. The second-order valence-corrected chi connectivity index (χ2v) is 7.61. The van der Waals surface area contributed by atoms with E-state index in [0.717, 1.165) is 25.1 Å². The molecule has 2 aliphatic rings. The number of rotatable bonds is 7. The Bertz CT molecular complexity index is 864. The number of amides is 2. The van der Waals surface area contributed by atoms with Crippen molar-refractivity contribution < 1.29 is 9.59 Å². The number of fused-ring (bicyclic) bond motifs is 1. The number of nitrogens with one attached hydrogen (secondary N) is 1. The van der Waals surface area contributed by atoms with Gasteiger partial charge in [-0.25, -0.2) is 4.98 Å². The fourth-order valence-corrected chi connectivity index (χ4v) is 3.58. The number of hydrogen-bond donors (Lipinski definition) is 1. The summed E-state index contributed by atoms with van der Waals surface area (Å²) in [5.41, 5.74) is 2.26. The summed E-state index contributed by atoms with van der Waals surface area (Å²) in [4.78, 5) is 33.8. The largest absolute Gasteiger partial charge is 0.359 e. The Morgan fingerprint density at radius 1 is 1.29 bits per heavy atom. The van der Waals surface area contributed by atoms with Crippen LogP contribution in [0.15, 0.2) is 42.6 Å².